The van der Waals surface area contributed by atoms with Gasteiger partial charge >= 0.3 is 0 Å². The monoisotopic (exact) mass is 271 g/mol. The highest BCUT2D eigenvalue weighted by Gasteiger charge is 2.14. The summed E-state index contributed by atoms with van der Waals surface area (Å²) in [6, 6.07) is 16.4. The van der Waals surface area contributed by atoms with E-state index in [0.717, 1.165) is 5.69 Å². The molecule has 1 amide bonds. The molecular weight excluding hydrogens is 254 g/mol. The van der Waals surface area contributed by atoms with Gasteiger partial charge in [-0.3, -0.25) is 4.79 Å². The van der Waals surface area contributed by atoms with Gasteiger partial charge in [-0.05, 0) is 31.2 Å². The average Bonchev–Trinajstić information content (AvgIpc) is 2.48. The van der Waals surface area contributed by atoms with E-state index in [1.54, 1.807) is 26.2 Å². The third-order valence-corrected chi connectivity index (χ3v) is 2.76. The van der Waals surface area contributed by atoms with Crippen LogP contribution in [0.25, 0.3) is 0 Å². The van der Waals surface area contributed by atoms with Crippen molar-refractivity contribution in [3.63, 3.8) is 0 Å². The Balaban J connectivity index is 1.97. The fraction of sp³-hybridized carbons (Fsp3) is 0.188. The molecule has 1 unspecified atom stereocenters. The van der Waals surface area contributed by atoms with E-state index in [4.69, 9.17) is 9.47 Å². The predicted octanol–water partition coefficient (Wildman–Crippen LogP) is 3.10. The van der Waals surface area contributed by atoms with E-state index in [1.807, 2.05) is 42.5 Å². The van der Waals surface area contributed by atoms with Crippen LogP contribution in [-0.4, -0.2) is 19.1 Å². The molecule has 0 aliphatic heterocycles. The van der Waals surface area contributed by atoms with E-state index in [9.17, 15) is 4.79 Å². The zero-order valence-corrected chi connectivity index (χ0v) is 11.5. The van der Waals surface area contributed by atoms with Crippen LogP contribution >= 0.6 is 0 Å². The Kier molecular flexibility index (Phi) is 4.60. The summed E-state index contributed by atoms with van der Waals surface area (Å²) in [5.41, 5.74) is 0.749. The van der Waals surface area contributed by atoms with Crippen LogP contribution in [0.2, 0.25) is 0 Å². The zero-order chi connectivity index (χ0) is 14.4. The lowest BCUT2D eigenvalue weighted by Crippen LogP contribution is -2.30. The number of para-hydroxylation sites is 1. The average molecular weight is 271 g/mol. The lowest BCUT2D eigenvalue weighted by molar-refractivity contribution is -0.122. The Morgan fingerprint density at radius 1 is 1.05 bits per heavy atom. The Hall–Kier alpha value is -2.49. The van der Waals surface area contributed by atoms with Gasteiger partial charge in [0.15, 0.2) is 6.10 Å². The molecular formula is C16H17NO3. The van der Waals surface area contributed by atoms with Crippen LogP contribution in [-0.2, 0) is 4.79 Å². The van der Waals surface area contributed by atoms with E-state index in [0.29, 0.717) is 11.5 Å². The highest BCUT2D eigenvalue weighted by atomic mass is 16.5. The van der Waals surface area contributed by atoms with Gasteiger partial charge in [0.05, 0.1) is 7.11 Å². The Labute approximate surface area is 118 Å². The first-order valence-corrected chi connectivity index (χ1v) is 6.35. The number of methoxy groups -OCH3 is 1. The molecule has 0 radical (unpaired) electrons. The number of hydrogen-bond donors (Lipinski definition) is 1. The minimum atomic E-state index is -0.595. The molecule has 0 aliphatic carbocycles. The van der Waals surface area contributed by atoms with Gasteiger partial charge in [-0.15, -0.1) is 0 Å². The molecule has 0 aromatic heterocycles. The number of amides is 1. The van der Waals surface area contributed by atoms with Gasteiger partial charge in [0.2, 0.25) is 0 Å². The van der Waals surface area contributed by atoms with Gasteiger partial charge in [-0.1, -0.05) is 24.3 Å². The van der Waals surface area contributed by atoms with Crippen molar-refractivity contribution in [1.29, 1.82) is 0 Å². The molecule has 2 rings (SSSR count). The number of benzene rings is 2. The molecule has 0 fully saturated rings. The topological polar surface area (TPSA) is 47.6 Å². The Bertz CT molecular complexity index is 569. The van der Waals surface area contributed by atoms with Crippen molar-refractivity contribution in [3.05, 3.63) is 54.6 Å². The van der Waals surface area contributed by atoms with Crippen molar-refractivity contribution >= 4 is 11.6 Å². The highest BCUT2D eigenvalue weighted by molar-refractivity contribution is 5.94. The minimum Gasteiger partial charge on any atom is -0.497 e. The maximum absolute atomic E-state index is 12.0. The van der Waals surface area contributed by atoms with Crippen molar-refractivity contribution in [2.24, 2.45) is 0 Å². The highest BCUT2D eigenvalue weighted by Crippen LogP contribution is 2.20. The largest absolute Gasteiger partial charge is 0.497 e. The molecule has 20 heavy (non-hydrogen) atoms. The lowest BCUT2D eigenvalue weighted by Gasteiger charge is -2.15. The summed E-state index contributed by atoms with van der Waals surface area (Å²) in [5.74, 6) is 1.09. The molecule has 0 aliphatic rings. The van der Waals surface area contributed by atoms with Gasteiger partial charge in [0.1, 0.15) is 11.5 Å². The normalized spacial score (nSPS) is 11.5. The molecule has 4 heteroatoms. The van der Waals surface area contributed by atoms with Crippen LogP contribution in [0.4, 0.5) is 5.69 Å². The molecule has 1 N–H and O–H groups in total. The second-order valence-corrected chi connectivity index (χ2v) is 4.29. The standard InChI is InChI=1S/C16H17NO3/c1-12(16(18)17-13-7-4-3-5-8-13)20-15-10-6-9-14(11-15)19-2/h3-12H,1-2H3,(H,17,18). The zero-order valence-electron chi connectivity index (χ0n) is 11.5. The van der Waals surface area contributed by atoms with Crippen LogP contribution in [0.1, 0.15) is 6.92 Å². The van der Waals surface area contributed by atoms with Crippen molar-refractivity contribution in [2.45, 2.75) is 13.0 Å². The second-order valence-electron chi connectivity index (χ2n) is 4.29. The fourth-order valence-electron chi connectivity index (χ4n) is 1.70. The first-order valence-electron chi connectivity index (χ1n) is 6.35. The van der Waals surface area contributed by atoms with E-state index < -0.39 is 6.10 Å². The second kappa shape index (κ2) is 6.61. The van der Waals surface area contributed by atoms with Crippen LogP contribution in [0.15, 0.2) is 54.6 Å². The summed E-state index contributed by atoms with van der Waals surface area (Å²) in [6.07, 6.45) is -0.595. The minimum absolute atomic E-state index is 0.195. The third kappa shape index (κ3) is 3.75. The van der Waals surface area contributed by atoms with Crippen molar-refractivity contribution in [3.8, 4) is 11.5 Å². The molecule has 0 spiro atoms. The van der Waals surface area contributed by atoms with Gasteiger partial charge in [0, 0.05) is 11.8 Å². The third-order valence-electron chi connectivity index (χ3n) is 2.76. The van der Waals surface area contributed by atoms with Gasteiger partial charge in [0.25, 0.3) is 5.91 Å². The number of rotatable bonds is 5. The molecule has 4 nitrogen and oxygen atoms in total. The maximum atomic E-state index is 12.0. The van der Waals surface area contributed by atoms with Crippen molar-refractivity contribution in [2.75, 3.05) is 12.4 Å². The SMILES string of the molecule is COc1cccc(OC(C)C(=O)Nc2ccccc2)c1. The molecule has 0 saturated heterocycles. The van der Waals surface area contributed by atoms with Crippen molar-refractivity contribution in [1.82, 2.24) is 0 Å². The van der Waals surface area contributed by atoms with Gasteiger partial charge in [-0.25, -0.2) is 0 Å². The molecule has 0 bridgehead atoms. The van der Waals surface area contributed by atoms with Crippen LogP contribution in [0.5, 0.6) is 11.5 Å². The van der Waals surface area contributed by atoms with Gasteiger partial charge in [-0.2, -0.15) is 0 Å². The van der Waals surface area contributed by atoms with Crippen LogP contribution in [0.3, 0.4) is 0 Å². The van der Waals surface area contributed by atoms with E-state index in [2.05, 4.69) is 5.32 Å². The number of anilines is 1. The number of ether oxygens (including phenoxy) is 2. The molecule has 1 atom stereocenters. The van der Waals surface area contributed by atoms with Crippen LogP contribution < -0.4 is 14.8 Å². The quantitative estimate of drug-likeness (QED) is 0.909. The smallest absolute Gasteiger partial charge is 0.265 e. The molecule has 0 saturated carbocycles. The summed E-state index contributed by atoms with van der Waals surface area (Å²) in [6.45, 7) is 1.71. The Morgan fingerprint density at radius 2 is 1.75 bits per heavy atom. The van der Waals surface area contributed by atoms with Crippen molar-refractivity contribution < 1.29 is 14.3 Å². The number of nitrogens with one attached hydrogen (secondary N) is 1. The molecule has 0 heterocycles. The molecule has 2 aromatic rings. The number of carbonyl (C=O) groups is 1. The molecule has 2 aromatic carbocycles. The van der Waals surface area contributed by atoms with E-state index in [-0.39, 0.29) is 5.91 Å². The molecule has 104 valence electrons. The summed E-state index contributed by atoms with van der Waals surface area (Å²) < 4.78 is 10.7. The van der Waals surface area contributed by atoms with Gasteiger partial charge < -0.3 is 14.8 Å². The maximum Gasteiger partial charge on any atom is 0.265 e. The number of hydrogen-bond acceptors (Lipinski definition) is 3. The fourth-order valence-corrected chi connectivity index (χ4v) is 1.70. The number of carbonyl (C=O) groups excluding carboxylic acids is 1. The van der Waals surface area contributed by atoms with Crippen LogP contribution in [0, 0.1) is 0 Å². The first-order chi connectivity index (χ1) is 9.69. The summed E-state index contributed by atoms with van der Waals surface area (Å²) in [4.78, 5) is 12.0. The first kappa shape index (κ1) is 13.9. The summed E-state index contributed by atoms with van der Waals surface area (Å²) in [7, 11) is 1.59. The van der Waals surface area contributed by atoms with E-state index >= 15 is 0 Å². The summed E-state index contributed by atoms with van der Waals surface area (Å²) >= 11 is 0. The lowest BCUT2D eigenvalue weighted by atomic mass is 10.3. The Morgan fingerprint density at radius 3 is 2.45 bits per heavy atom. The predicted molar refractivity (Wildman–Crippen MR) is 78.2 cm³/mol. The summed E-state index contributed by atoms with van der Waals surface area (Å²) in [5, 5.41) is 2.80. The van der Waals surface area contributed by atoms with E-state index in [1.165, 1.54) is 0 Å².